The quantitative estimate of drug-likeness (QED) is 0.227. The maximum Gasteiger partial charge on any atom is 0.597 e. The minimum absolute atomic E-state index is 0.0185. The number of benzene rings is 1. The van der Waals surface area contributed by atoms with Gasteiger partial charge in [-0.2, -0.15) is 0 Å². The molecule has 1 aromatic carbocycles. The number of hydrogen-bond acceptors (Lipinski definition) is 16. The summed E-state index contributed by atoms with van der Waals surface area (Å²) < 4.78 is 88.3. The highest BCUT2D eigenvalue weighted by atomic mass is 16.7. The molecule has 0 bridgehead atoms. The molecule has 4 unspecified atom stereocenters. The van der Waals surface area contributed by atoms with Crippen molar-refractivity contribution in [3.8, 4) is 11.5 Å². The maximum absolute atomic E-state index is 5.80. The molecule has 24 heteroatoms. The van der Waals surface area contributed by atoms with Gasteiger partial charge in [0.1, 0.15) is 11.5 Å². The van der Waals surface area contributed by atoms with Gasteiger partial charge in [0.2, 0.25) is 0 Å². The van der Waals surface area contributed by atoms with Crippen LogP contribution in [0.2, 0.25) is 46.5 Å². The van der Waals surface area contributed by atoms with Gasteiger partial charge >= 0.3 is 56.9 Å². The van der Waals surface area contributed by atoms with Gasteiger partial charge in [-0.25, -0.2) is 0 Å². The zero-order valence-corrected chi connectivity index (χ0v) is 57.1. The van der Waals surface area contributed by atoms with Gasteiger partial charge in [-0.1, -0.05) is 136 Å². The summed E-state index contributed by atoms with van der Waals surface area (Å²) in [5.74, 6) is 5.44. The largest absolute Gasteiger partial charge is 0.597 e. The minimum atomic E-state index is -0.179. The molecule has 0 spiro atoms. The highest BCUT2D eigenvalue weighted by Gasteiger charge is 2.52. The Morgan fingerprint density at radius 1 is 0.321 bits per heavy atom. The van der Waals surface area contributed by atoms with E-state index in [-0.39, 0.29) is 80.4 Å². The van der Waals surface area contributed by atoms with Crippen LogP contribution in [0.4, 0.5) is 0 Å². The highest BCUT2D eigenvalue weighted by molar-refractivity contribution is 6.50. The molecule has 1 saturated carbocycles. The summed E-state index contributed by atoms with van der Waals surface area (Å²) in [5, 5.41) is 0. The fourth-order valence-electron chi connectivity index (χ4n) is 9.31. The lowest BCUT2D eigenvalue weighted by atomic mass is 9.74. The van der Waals surface area contributed by atoms with Crippen molar-refractivity contribution < 1.29 is 74.5 Å². The second-order valence-corrected chi connectivity index (χ2v) is 27.2. The van der Waals surface area contributed by atoms with Crippen LogP contribution in [0.3, 0.4) is 0 Å². The van der Waals surface area contributed by atoms with Gasteiger partial charge in [0.15, 0.2) is 0 Å². The van der Waals surface area contributed by atoms with E-state index in [1.807, 2.05) is 38.1 Å². The van der Waals surface area contributed by atoms with E-state index in [0.29, 0.717) is 58.7 Å². The van der Waals surface area contributed by atoms with E-state index in [1.165, 1.54) is 44.9 Å². The zero-order chi connectivity index (χ0) is 62.6. The molecule has 4 atom stereocenters. The van der Waals surface area contributed by atoms with Gasteiger partial charge in [-0.3, -0.25) is 0 Å². The molecule has 8 heterocycles. The molecule has 84 heavy (non-hydrogen) atoms. The van der Waals surface area contributed by atoms with Crippen molar-refractivity contribution in [3.63, 3.8) is 0 Å². The molecule has 10 rings (SSSR count). The fraction of sp³-hybridized carbons (Fsp3) is 0.900. The van der Waals surface area contributed by atoms with Crippen LogP contribution in [0.5, 0.6) is 11.5 Å². The van der Waals surface area contributed by atoms with E-state index in [4.69, 9.17) is 74.5 Å². The van der Waals surface area contributed by atoms with Crippen LogP contribution in [0.15, 0.2) is 24.3 Å². The van der Waals surface area contributed by atoms with Crippen molar-refractivity contribution in [3.05, 3.63) is 24.3 Å². The third-order valence-corrected chi connectivity index (χ3v) is 15.5. The third kappa shape index (κ3) is 28.7. The number of hydrogen-bond donors (Lipinski definition) is 0. The van der Waals surface area contributed by atoms with Crippen LogP contribution >= 0.6 is 0 Å². The SMILES string of the molecule is CC(C)B1OC(C)(C)C(C)(C)O1.CC(C)B1OC(C)C(C)O1.CC(C)B1OC2CCCCC2O1.CC(C)B1OCCCCCO1.CC(C)B1OCCCCO1.CC(C)B1OCCCO1.CC(C)B1OCCO1.CC(C)B1Oc2ccccc2O1. The third-order valence-electron chi connectivity index (χ3n) is 15.5. The molecular formula is C60H118B8O16. The summed E-state index contributed by atoms with van der Waals surface area (Å²) in [6.45, 7) is 52.9. The second-order valence-electron chi connectivity index (χ2n) is 27.2. The molecule has 1 aromatic rings. The topological polar surface area (TPSA) is 148 Å². The zero-order valence-electron chi connectivity index (χ0n) is 57.1. The van der Waals surface area contributed by atoms with Crippen molar-refractivity contribution in [2.45, 2.75) is 299 Å². The van der Waals surface area contributed by atoms with Crippen molar-refractivity contribution in [2.24, 2.45) is 0 Å². The summed E-state index contributed by atoms with van der Waals surface area (Å²) in [6, 6.07) is 7.76. The van der Waals surface area contributed by atoms with E-state index < -0.39 is 0 Å². The molecule has 7 saturated heterocycles. The van der Waals surface area contributed by atoms with Crippen LogP contribution in [0.25, 0.3) is 0 Å². The monoisotopic (exact) mass is 1180 g/mol. The van der Waals surface area contributed by atoms with E-state index in [9.17, 15) is 0 Å². The van der Waals surface area contributed by atoms with E-state index in [0.717, 1.165) is 83.6 Å². The second kappa shape index (κ2) is 40.5. The van der Waals surface area contributed by atoms with Gasteiger partial charge in [0.25, 0.3) is 0 Å². The van der Waals surface area contributed by atoms with Crippen molar-refractivity contribution in [2.75, 3.05) is 52.9 Å². The van der Waals surface area contributed by atoms with Gasteiger partial charge < -0.3 is 74.5 Å². The Kier molecular flexibility index (Phi) is 37.1. The molecule has 0 radical (unpaired) electrons. The number of rotatable bonds is 8. The lowest BCUT2D eigenvalue weighted by Gasteiger charge is -2.32. The molecule has 8 fully saturated rings. The molecular weight excluding hydrogens is 1060 g/mol. The summed E-state index contributed by atoms with van der Waals surface area (Å²) in [4.78, 5) is 0. The molecule has 0 N–H and O–H groups in total. The lowest BCUT2D eigenvalue weighted by Crippen LogP contribution is -2.41. The first-order chi connectivity index (χ1) is 39.6. The van der Waals surface area contributed by atoms with Crippen LogP contribution in [0.1, 0.15) is 217 Å². The average Bonchev–Trinajstić information content (AvgIpc) is 2.98. The number of fused-ring (bicyclic) bond motifs is 2. The first kappa shape index (κ1) is 77.0. The van der Waals surface area contributed by atoms with E-state index >= 15 is 0 Å². The Morgan fingerprint density at radius 2 is 0.595 bits per heavy atom. The molecule has 9 aliphatic rings. The summed E-state index contributed by atoms with van der Waals surface area (Å²) >= 11 is 0. The maximum atomic E-state index is 5.80. The Bertz CT molecular complexity index is 1740. The summed E-state index contributed by atoms with van der Waals surface area (Å²) in [6.07, 6.45) is 13.3. The normalized spacial score (nSPS) is 24.5. The Hall–Kier alpha value is -1.22. The van der Waals surface area contributed by atoms with Crippen molar-refractivity contribution >= 4 is 56.9 Å². The van der Waals surface area contributed by atoms with Crippen LogP contribution in [-0.4, -0.2) is 145 Å². The highest BCUT2D eigenvalue weighted by Crippen LogP contribution is 2.40. The summed E-state index contributed by atoms with van der Waals surface area (Å²) in [5.41, 5.74) is -0.357. The predicted molar refractivity (Wildman–Crippen MR) is 349 cm³/mol. The summed E-state index contributed by atoms with van der Waals surface area (Å²) in [7, 11) is 0.132. The van der Waals surface area contributed by atoms with Crippen LogP contribution in [-0.2, 0) is 65.2 Å². The Morgan fingerprint density at radius 3 is 0.869 bits per heavy atom. The first-order valence-corrected chi connectivity index (χ1v) is 33.0. The van der Waals surface area contributed by atoms with Gasteiger partial charge in [0.05, 0.1) is 48.8 Å². The first-order valence-electron chi connectivity index (χ1n) is 33.0. The molecule has 8 aliphatic heterocycles. The van der Waals surface area contributed by atoms with Crippen LogP contribution in [0, 0.1) is 0 Å². The average molecular weight is 1180 g/mol. The molecule has 16 nitrogen and oxygen atoms in total. The van der Waals surface area contributed by atoms with Gasteiger partial charge in [-0.05, 0) is 146 Å². The molecule has 0 aromatic heterocycles. The fourth-order valence-corrected chi connectivity index (χ4v) is 9.31. The lowest BCUT2D eigenvalue weighted by molar-refractivity contribution is 0.00578. The van der Waals surface area contributed by atoms with E-state index in [2.05, 4.69) is 138 Å². The van der Waals surface area contributed by atoms with Crippen LogP contribution < -0.4 is 9.31 Å². The smallest absolute Gasteiger partial charge is 0.523 e. The Labute approximate surface area is 516 Å². The standard InChI is InChI=1S/C9H17BO2.C9H11BO2.C9H19BO2.C8H17BO2.2C7H15BO2.C6H13BO2.C5H11BO2/c2*1-7(2)10-11-8-5-3-4-6-9(8)12-10;1-7(2)10-11-8(3,4)9(5,6)12-10;1-8(2)9-10-6-4-3-5-7-11-9;1-5(2)8-9-6(3)7(4)10-8;1-7(2)8-9-5-3-4-6-10-8;1-6(2)7-8-4-3-5-9-7;1-5(2)6-7-3-4-8-6/h7-9H,3-6H2,1-2H3;3-7H,1-2H3;7H,1-6H3;8H,3-7H2,1-2H3;5-7H,1-4H3;7H,3-6H2,1-2H3;6H,3-5H2,1-2H3;5H,3-4H2,1-2H3. The van der Waals surface area contributed by atoms with E-state index in [1.54, 1.807) is 0 Å². The Balaban J connectivity index is 0.000000252. The number of para-hydroxylation sites is 2. The van der Waals surface area contributed by atoms with Gasteiger partial charge in [0, 0.05) is 45.5 Å². The minimum Gasteiger partial charge on any atom is -0.523 e. The molecule has 478 valence electrons. The molecule has 1 aliphatic carbocycles. The van der Waals surface area contributed by atoms with Crippen molar-refractivity contribution in [1.29, 1.82) is 0 Å². The van der Waals surface area contributed by atoms with Gasteiger partial charge in [-0.15, -0.1) is 0 Å². The molecule has 0 amide bonds. The van der Waals surface area contributed by atoms with Crippen molar-refractivity contribution in [1.82, 2.24) is 0 Å². The predicted octanol–water partition coefficient (Wildman–Crippen LogP) is 14.9.